The summed E-state index contributed by atoms with van der Waals surface area (Å²) in [7, 11) is 0. The van der Waals surface area contributed by atoms with Crippen LogP contribution < -0.4 is 5.73 Å². The second-order valence-electron chi connectivity index (χ2n) is 2.08. The monoisotopic (exact) mass is 165 g/mol. The lowest BCUT2D eigenvalue weighted by Crippen LogP contribution is -2.17. The molecule has 0 amide bonds. The summed E-state index contributed by atoms with van der Waals surface area (Å²) in [5.41, 5.74) is 4.57. The Bertz CT molecular complexity index is 96.8. The van der Waals surface area contributed by atoms with Gasteiger partial charge in [-0.15, -0.1) is 0 Å². The molecule has 0 aliphatic heterocycles. The molecule has 0 saturated carbocycles. The number of hydrogen-bond acceptors (Lipinski definition) is 4. The van der Waals surface area contributed by atoms with E-state index < -0.39 is 18.2 Å². The lowest BCUT2D eigenvalue weighted by atomic mass is 10.3. The van der Waals surface area contributed by atoms with Gasteiger partial charge in [0.1, 0.15) is 0 Å². The molecule has 5 nitrogen and oxygen atoms in total. The Morgan fingerprint density at radius 2 is 1.55 bits per heavy atom. The molecule has 0 aromatic rings. The summed E-state index contributed by atoms with van der Waals surface area (Å²) < 4.78 is 0. The van der Waals surface area contributed by atoms with E-state index in [4.69, 9.17) is 15.3 Å². The van der Waals surface area contributed by atoms with Gasteiger partial charge in [-0.1, -0.05) is 0 Å². The van der Waals surface area contributed by atoms with Crippen molar-refractivity contribution in [3.8, 4) is 0 Å². The summed E-state index contributed by atoms with van der Waals surface area (Å²) in [4.78, 5) is 9.24. The van der Waals surface area contributed by atoms with Crippen LogP contribution in [0.25, 0.3) is 0 Å². The summed E-state index contributed by atoms with van der Waals surface area (Å²) in [6.07, 6.45) is -1.19. The van der Waals surface area contributed by atoms with Gasteiger partial charge in [0.25, 0.3) is 0 Å². The second kappa shape index (κ2) is 7.46. The lowest BCUT2D eigenvalue weighted by molar-refractivity contribution is -0.135. The molecule has 5 heteroatoms. The molecule has 0 aliphatic rings. The van der Waals surface area contributed by atoms with Crippen LogP contribution in [0.2, 0.25) is 0 Å². The molecule has 0 spiro atoms. The minimum atomic E-state index is -0.968. The number of aliphatic hydroxyl groups is 2. The van der Waals surface area contributed by atoms with Crippen molar-refractivity contribution >= 4 is 5.97 Å². The van der Waals surface area contributed by atoms with Crippen molar-refractivity contribution in [2.24, 2.45) is 5.73 Å². The van der Waals surface area contributed by atoms with Crippen LogP contribution in [-0.4, -0.2) is 40.0 Å². The molecule has 0 aromatic heterocycles. The van der Waals surface area contributed by atoms with Crippen LogP contribution in [0.3, 0.4) is 0 Å². The Labute approximate surface area is 65.5 Å². The first-order valence-corrected chi connectivity index (χ1v) is 3.19. The molecule has 0 fully saturated rings. The van der Waals surface area contributed by atoms with Crippen LogP contribution >= 0.6 is 0 Å². The number of rotatable bonds is 2. The van der Waals surface area contributed by atoms with Gasteiger partial charge in [-0.05, 0) is 13.8 Å². The Balaban J connectivity index is 0. The highest BCUT2D eigenvalue weighted by Crippen LogP contribution is 1.85. The molecular formula is C6H15NO4. The van der Waals surface area contributed by atoms with E-state index in [0.29, 0.717) is 0 Å². The SMILES string of the molecule is CC(O)C(C)O.NCC(=O)O. The number of nitrogens with two attached hydrogens (primary N) is 1. The van der Waals surface area contributed by atoms with Gasteiger partial charge in [-0.3, -0.25) is 4.79 Å². The normalized spacial score (nSPS) is 14.3. The maximum absolute atomic E-state index is 9.24. The zero-order valence-electron chi connectivity index (χ0n) is 6.69. The molecular weight excluding hydrogens is 150 g/mol. The summed E-state index contributed by atoms with van der Waals surface area (Å²) in [5, 5.41) is 24.4. The highest BCUT2D eigenvalue weighted by atomic mass is 16.4. The molecule has 68 valence electrons. The van der Waals surface area contributed by atoms with E-state index in [-0.39, 0.29) is 6.54 Å². The van der Waals surface area contributed by atoms with Crippen molar-refractivity contribution in [1.29, 1.82) is 0 Å². The van der Waals surface area contributed by atoms with E-state index in [2.05, 4.69) is 5.73 Å². The number of carboxylic acid groups (broad SMARTS) is 1. The molecule has 5 N–H and O–H groups in total. The largest absolute Gasteiger partial charge is 0.480 e. The maximum atomic E-state index is 9.24. The molecule has 0 rings (SSSR count). The fraction of sp³-hybridized carbons (Fsp3) is 0.833. The van der Waals surface area contributed by atoms with E-state index in [1.807, 2.05) is 0 Å². The van der Waals surface area contributed by atoms with Gasteiger partial charge in [-0.2, -0.15) is 0 Å². The van der Waals surface area contributed by atoms with Gasteiger partial charge in [0, 0.05) is 0 Å². The van der Waals surface area contributed by atoms with E-state index in [1.165, 1.54) is 0 Å². The molecule has 0 saturated heterocycles. The predicted octanol–water partition coefficient (Wildman–Crippen LogP) is -1.22. The highest BCUT2D eigenvalue weighted by Gasteiger charge is 1.99. The molecule has 0 aromatic carbocycles. The first kappa shape index (κ1) is 13.0. The molecule has 2 atom stereocenters. The van der Waals surface area contributed by atoms with Gasteiger partial charge in [0.2, 0.25) is 0 Å². The van der Waals surface area contributed by atoms with Crippen LogP contribution in [0.4, 0.5) is 0 Å². The van der Waals surface area contributed by atoms with Crippen molar-refractivity contribution in [1.82, 2.24) is 0 Å². The smallest absolute Gasteiger partial charge is 0.317 e. The van der Waals surface area contributed by atoms with Crippen LogP contribution in [0.15, 0.2) is 0 Å². The Hall–Kier alpha value is -0.650. The zero-order valence-corrected chi connectivity index (χ0v) is 6.69. The third-order valence-electron chi connectivity index (χ3n) is 0.873. The summed E-state index contributed by atoms with van der Waals surface area (Å²) >= 11 is 0. The summed E-state index contributed by atoms with van der Waals surface area (Å²) in [6.45, 7) is 2.81. The fourth-order valence-electron chi connectivity index (χ4n) is 0. The number of hydrogen-bond donors (Lipinski definition) is 4. The summed E-state index contributed by atoms with van der Waals surface area (Å²) in [5.74, 6) is -0.968. The Kier molecular flexibility index (Phi) is 8.80. The fourth-order valence-corrected chi connectivity index (χ4v) is 0. The Morgan fingerprint density at radius 3 is 1.55 bits per heavy atom. The number of carbonyl (C=O) groups is 1. The third-order valence-corrected chi connectivity index (χ3v) is 0.873. The van der Waals surface area contributed by atoms with Gasteiger partial charge in [0.05, 0.1) is 18.8 Å². The number of aliphatic carboxylic acids is 1. The Morgan fingerprint density at radius 1 is 1.36 bits per heavy atom. The first-order chi connectivity index (χ1) is 4.91. The van der Waals surface area contributed by atoms with Crippen molar-refractivity contribution in [2.75, 3.05) is 6.54 Å². The van der Waals surface area contributed by atoms with Crippen molar-refractivity contribution in [2.45, 2.75) is 26.1 Å². The quantitative estimate of drug-likeness (QED) is 0.410. The van der Waals surface area contributed by atoms with E-state index in [1.54, 1.807) is 13.8 Å². The predicted molar refractivity (Wildman–Crippen MR) is 40.1 cm³/mol. The summed E-state index contributed by atoms with van der Waals surface area (Å²) in [6, 6.07) is 0. The average Bonchev–Trinajstić information content (AvgIpc) is 1.89. The average molecular weight is 165 g/mol. The minimum Gasteiger partial charge on any atom is -0.480 e. The topological polar surface area (TPSA) is 104 Å². The third kappa shape index (κ3) is 17.6. The number of aliphatic hydroxyl groups excluding tert-OH is 2. The van der Waals surface area contributed by atoms with Crippen molar-refractivity contribution in [3.05, 3.63) is 0 Å². The van der Waals surface area contributed by atoms with E-state index >= 15 is 0 Å². The van der Waals surface area contributed by atoms with E-state index in [0.717, 1.165) is 0 Å². The molecule has 0 bridgehead atoms. The molecule has 0 aliphatic carbocycles. The van der Waals surface area contributed by atoms with Crippen molar-refractivity contribution < 1.29 is 20.1 Å². The van der Waals surface area contributed by atoms with E-state index in [9.17, 15) is 4.79 Å². The maximum Gasteiger partial charge on any atom is 0.317 e. The lowest BCUT2D eigenvalue weighted by Gasteiger charge is -2.03. The van der Waals surface area contributed by atoms with Crippen LogP contribution in [-0.2, 0) is 4.79 Å². The highest BCUT2D eigenvalue weighted by molar-refractivity contribution is 5.68. The van der Waals surface area contributed by atoms with Gasteiger partial charge in [0.15, 0.2) is 0 Å². The van der Waals surface area contributed by atoms with Gasteiger partial charge >= 0.3 is 5.97 Å². The van der Waals surface area contributed by atoms with Crippen LogP contribution in [0.1, 0.15) is 13.8 Å². The molecule has 0 heterocycles. The molecule has 0 radical (unpaired) electrons. The number of carboxylic acids is 1. The minimum absolute atomic E-state index is 0.278. The van der Waals surface area contributed by atoms with Crippen molar-refractivity contribution in [3.63, 3.8) is 0 Å². The molecule has 11 heavy (non-hydrogen) atoms. The van der Waals surface area contributed by atoms with Gasteiger partial charge in [-0.25, -0.2) is 0 Å². The zero-order chi connectivity index (χ0) is 9.44. The van der Waals surface area contributed by atoms with Crippen LogP contribution in [0.5, 0.6) is 0 Å². The molecule has 2 unspecified atom stereocenters. The van der Waals surface area contributed by atoms with Crippen LogP contribution in [0, 0.1) is 0 Å². The second-order valence-corrected chi connectivity index (χ2v) is 2.08. The standard InChI is InChI=1S/C4H10O2.C2H5NO2/c1-3(5)4(2)6;3-1-2(4)5/h3-6H,1-2H3;1,3H2,(H,4,5). The first-order valence-electron chi connectivity index (χ1n) is 3.19. The van der Waals surface area contributed by atoms with Gasteiger partial charge < -0.3 is 21.1 Å².